The fraction of sp³-hybridized carbons (Fsp3) is 0.176. The fourth-order valence-electron chi connectivity index (χ4n) is 1.80. The highest BCUT2D eigenvalue weighted by Crippen LogP contribution is 2.15. The van der Waals surface area contributed by atoms with E-state index in [9.17, 15) is 9.59 Å². The summed E-state index contributed by atoms with van der Waals surface area (Å²) in [4.78, 5) is 23.5. The van der Waals surface area contributed by atoms with E-state index < -0.39 is 5.91 Å². The van der Waals surface area contributed by atoms with Gasteiger partial charge >= 0.3 is 0 Å². The minimum Gasteiger partial charge on any atom is -0.483 e. The molecule has 2 amide bonds. The zero-order valence-electron chi connectivity index (χ0n) is 12.6. The molecule has 2 N–H and O–H groups in total. The summed E-state index contributed by atoms with van der Waals surface area (Å²) in [6.07, 6.45) is 0. The Balaban J connectivity index is 1.79. The Bertz CT molecular complexity index is 666. The van der Waals surface area contributed by atoms with Crippen LogP contribution in [0, 0.1) is 13.8 Å². The van der Waals surface area contributed by atoms with Crippen LogP contribution in [-0.4, -0.2) is 18.4 Å². The molecular weight excluding hydrogens is 280 g/mol. The van der Waals surface area contributed by atoms with Crippen molar-refractivity contribution in [2.24, 2.45) is 0 Å². The molecule has 0 aliphatic heterocycles. The van der Waals surface area contributed by atoms with Gasteiger partial charge in [-0.3, -0.25) is 20.4 Å². The van der Waals surface area contributed by atoms with E-state index in [1.807, 2.05) is 44.2 Å². The number of hydrazine groups is 1. The highest BCUT2D eigenvalue weighted by atomic mass is 16.5. The Morgan fingerprint density at radius 3 is 2.32 bits per heavy atom. The van der Waals surface area contributed by atoms with Gasteiger partial charge in [0.1, 0.15) is 5.75 Å². The van der Waals surface area contributed by atoms with E-state index in [1.165, 1.54) is 0 Å². The summed E-state index contributed by atoms with van der Waals surface area (Å²) in [5.41, 5.74) is 7.16. The molecule has 0 saturated heterocycles. The topological polar surface area (TPSA) is 67.4 Å². The number of para-hydroxylation sites is 1. The van der Waals surface area contributed by atoms with E-state index in [4.69, 9.17) is 4.74 Å². The summed E-state index contributed by atoms with van der Waals surface area (Å²) in [5.74, 6) is -0.157. The molecule has 0 aromatic heterocycles. The van der Waals surface area contributed by atoms with Crippen molar-refractivity contribution in [1.82, 2.24) is 10.9 Å². The molecule has 0 unspecified atom stereocenters. The molecule has 0 saturated carbocycles. The SMILES string of the molecule is Cc1ccc(C(=O)NNC(=O)COc2ccccc2C)cc1. The molecule has 2 aromatic rings. The summed E-state index contributed by atoms with van der Waals surface area (Å²) in [5, 5.41) is 0. The smallest absolute Gasteiger partial charge is 0.276 e. The highest BCUT2D eigenvalue weighted by molar-refractivity contribution is 5.95. The van der Waals surface area contributed by atoms with E-state index >= 15 is 0 Å². The van der Waals surface area contributed by atoms with Gasteiger partial charge in [-0.15, -0.1) is 0 Å². The van der Waals surface area contributed by atoms with Crippen LogP contribution in [0.4, 0.5) is 0 Å². The van der Waals surface area contributed by atoms with Crippen molar-refractivity contribution in [3.05, 3.63) is 65.2 Å². The fourth-order valence-corrected chi connectivity index (χ4v) is 1.80. The van der Waals surface area contributed by atoms with Gasteiger partial charge in [-0.25, -0.2) is 0 Å². The van der Waals surface area contributed by atoms with Crippen molar-refractivity contribution in [2.45, 2.75) is 13.8 Å². The van der Waals surface area contributed by atoms with Gasteiger partial charge in [-0.05, 0) is 37.6 Å². The third kappa shape index (κ3) is 4.34. The first kappa shape index (κ1) is 15.6. The lowest BCUT2D eigenvalue weighted by atomic mass is 10.1. The zero-order chi connectivity index (χ0) is 15.9. The molecule has 0 aliphatic rings. The number of aryl methyl sites for hydroxylation is 2. The second kappa shape index (κ2) is 7.26. The number of hydrogen-bond donors (Lipinski definition) is 2. The lowest BCUT2D eigenvalue weighted by Gasteiger charge is -2.10. The maximum absolute atomic E-state index is 11.8. The molecular formula is C17H18N2O3. The first-order valence-electron chi connectivity index (χ1n) is 6.90. The van der Waals surface area contributed by atoms with E-state index in [0.29, 0.717) is 11.3 Å². The number of rotatable bonds is 4. The zero-order valence-corrected chi connectivity index (χ0v) is 12.6. The number of amides is 2. The molecule has 0 spiro atoms. The van der Waals surface area contributed by atoms with Crippen molar-refractivity contribution in [2.75, 3.05) is 6.61 Å². The molecule has 0 heterocycles. The summed E-state index contributed by atoms with van der Waals surface area (Å²) >= 11 is 0. The summed E-state index contributed by atoms with van der Waals surface area (Å²) in [6.45, 7) is 3.66. The maximum atomic E-state index is 11.8. The van der Waals surface area contributed by atoms with Crippen LogP contribution in [0.2, 0.25) is 0 Å². The van der Waals surface area contributed by atoms with Crippen LogP contribution < -0.4 is 15.6 Å². The van der Waals surface area contributed by atoms with Crippen molar-refractivity contribution in [1.29, 1.82) is 0 Å². The van der Waals surface area contributed by atoms with Gasteiger partial charge in [-0.2, -0.15) is 0 Å². The lowest BCUT2D eigenvalue weighted by Crippen LogP contribution is -2.43. The van der Waals surface area contributed by atoms with Crippen molar-refractivity contribution in [3.63, 3.8) is 0 Å². The monoisotopic (exact) mass is 298 g/mol. The molecule has 22 heavy (non-hydrogen) atoms. The molecule has 0 bridgehead atoms. The van der Waals surface area contributed by atoms with Crippen LogP contribution in [0.25, 0.3) is 0 Å². The Morgan fingerprint density at radius 1 is 0.955 bits per heavy atom. The molecule has 2 aromatic carbocycles. The van der Waals surface area contributed by atoms with Crippen LogP contribution in [0.15, 0.2) is 48.5 Å². The first-order chi connectivity index (χ1) is 10.6. The molecule has 5 nitrogen and oxygen atoms in total. The molecule has 0 fully saturated rings. The lowest BCUT2D eigenvalue weighted by molar-refractivity contribution is -0.123. The molecule has 0 radical (unpaired) electrons. The number of carbonyl (C=O) groups excluding carboxylic acids is 2. The van der Waals surface area contributed by atoms with E-state index in [2.05, 4.69) is 10.9 Å². The number of hydrogen-bond acceptors (Lipinski definition) is 3. The Morgan fingerprint density at radius 2 is 1.64 bits per heavy atom. The van der Waals surface area contributed by atoms with Gasteiger partial charge in [0.05, 0.1) is 0 Å². The van der Waals surface area contributed by atoms with Crippen LogP contribution >= 0.6 is 0 Å². The minimum absolute atomic E-state index is 0.168. The molecule has 0 aliphatic carbocycles. The first-order valence-corrected chi connectivity index (χ1v) is 6.90. The number of ether oxygens (including phenoxy) is 1. The summed E-state index contributed by atoms with van der Waals surface area (Å²) in [6, 6.07) is 14.5. The number of benzene rings is 2. The van der Waals surface area contributed by atoms with Gasteiger partial charge < -0.3 is 4.74 Å². The Hall–Kier alpha value is -2.82. The third-order valence-electron chi connectivity index (χ3n) is 3.08. The average molecular weight is 298 g/mol. The molecule has 5 heteroatoms. The quantitative estimate of drug-likeness (QED) is 0.850. The normalized spacial score (nSPS) is 9.91. The average Bonchev–Trinajstić information content (AvgIpc) is 2.52. The van der Waals surface area contributed by atoms with E-state index in [1.54, 1.807) is 18.2 Å². The summed E-state index contributed by atoms with van der Waals surface area (Å²) < 4.78 is 5.39. The van der Waals surface area contributed by atoms with Crippen molar-refractivity contribution >= 4 is 11.8 Å². The standard InChI is InChI=1S/C17H18N2O3/c1-12-7-9-14(10-8-12)17(21)19-18-16(20)11-22-15-6-4-3-5-13(15)2/h3-10H,11H2,1-2H3,(H,18,20)(H,19,21). The van der Waals surface area contributed by atoms with Crippen molar-refractivity contribution < 1.29 is 14.3 Å². The van der Waals surface area contributed by atoms with Crippen LogP contribution in [0.5, 0.6) is 5.75 Å². The van der Waals surface area contributed by atoms with Gasteiger partial charge in [0.25, 0.3) is 11.8 Å². The minimum atomic E-state index is -0.427. The second-order valence-electron chi connectivity index (χ2n) is 4.92. The van der Waals surface area contributed by atoms with E-state index in [-0.39, 0.29) is 12.5 Å². The van der Waals surface area contributed by atoms with E-state index in [0.717, 1.165) is 11.1 Å². The molecule has 0 atom stereocenters. The Kier molecular flexibility index (Phi) is 5.14. The predicted molar refractivity (Wildman–Crippen MR) is 83.5 cm³/mol. The number of nitrogens with one attached hydrogen (secondary N) is 2. The molecule has 114 valence electrons. The third-order valence-corrected chi connectivity index (χ3v) is 3.08. The second-order valence-corrected chi connectivity index (χ2v) is 4.92. The summed E-state index contributed by atoms with van der Waals surface area (Å²) in [7, 11) is 0. The van der Waals surface area contributed by atoms with Gasteiger partial charge in [0.2, 0.25) is 0 Å². The van der Waals surface area contributed by atoms with Crippen molar-refractivity contribution in [3.8, 4) is 5.75 Å². The van der Waals surface area contributed by atoms with Crippen LogP contribution in [0.3, 0.4) is 0 Å². The van der Waals surface area contributed by atoms with Crippen LogP contribution in [0.1, 0.15) is 21.5 Å². The van der Waals surface area contributed by atoms with Gasteiger partial charge in [0, 0.05) is 5.56 Å². The predicted octanol–water partition coefficient (Wildman–Crippen LogP) is 2.14. The largest absolute Gasteiger partial charge is 0.483 e. The van der Waals surface area contributed by atoms with Gasteiger partial charge in [-0.1, -0.05) is 35.9 Å². The maximum Gasteiger partial charge on any atom is 0.276 e. The van der Waals surface area contributed by atoms with Crippen LogP contribution in [-0.2, 0) is 4.79 Å². The Labute approximate surface area is 129 Å². The highest BCUT2D eigenvalue weighted by Gasteiger charge is 2.08. The number of carbonyl (C=O) groups is 2. The van der Waals surface area contributed by atoms with Gasteiger partial charge in [0.15, 0.2) is 6.61 Å². The molecule has 2 rings (SSSR count).